The molecular formula is C18H21BrClN. The Labute approximate surface area is 140 Å². The van der Waals surface area contributed by atoms with E-state index < -0.39 is 0 Å². The molecule has 0 radical (unpaired) electrons. The SMILES string of the molecule is CCC(C)c1ccc(C(NC)c2ccc(Cl)cc2Br)cc1. The molecule has 0 aliphatic heterocycles. The van der Waals surface area contributed by atoms with Gasteiger partial charge in [-0.05, 0) is 48.2 Å². The first-order valence-electron chi connectivity index (χ1n) is 7.28. The molecular weight excluding hydrogens is 346 g/mol. The summed E-state index contributed by atoms with van der Waals surface area (Å²) in [6.45, 7) is 4.49. The average Bonchev–Trinajstić information content (AvgIpc) is 2.50. The van der Waals surface area contributed by atoms with Crippen molar-refractivity contribution >= 4 is 27.5 Å². The molecule has 0 aromatic heterocycles. The Bertz CT molecular complexity index is 595. The number of rotatable bonds is 5. The lowest BCUT2D eigenvalue weighted by Crippen LogP contribution is -2.18. The number of hydrogen-bond acceptors (Lipinski definition) is 1. The molecule has 2 rings (SSSR count). The van der Waals surface area contributed by atoms with Gasteiger partial charge in [-0.25, -0.2) is 0 Å². The second kappa shape index (κ2) is 7.44. The summed E-state index contributed by atoms with van der Waals surface area (Å²) in [5.74, 6) is 0.606. The molecule has 2 aromatic rings. The lowest BCUT2D eigenvalue weighted by molar-refractivity contribution is 0.686. The first-order chi connectivity index (χ1) is 10.1. The van der Waals surface area contributed by atoms with Gasteiger partial charge < -0.3 is 5.32 Å². The summed E-state index contributed by atoms with van der Waals surface area (Å²) in [5, 5.41) is 4.13. The first-order valence-corrected chi connectivity index (χ1v) is 8.46. The summed E-state index contributed by atoms with van der Waals surface area (Å²) in [7, 11) is 1.98. The highest BCUT2D eigenvalue weighted by Gasteiger charge is 2.15. The molecule has 0 amide bonds. The van der Waals surface area contributed by atoms with Crippen LogP contribution in [0.2, 0.25) is 5.02 Å². The number of benzene rings is 2. The standard InChI is InChI=1S/C18H21BrClN/c1-4-12(2)13-5-7-14(8-6-13)18(21-3)16-10-9-15(20)11-17(16)19/h5-12,18,21H,4H2,1-3H3. The molecule has 21 heavy (non-hydrogen) atoms. The molecule has 0 fully saturated rings. The summed E-state index contributed by atoms with van der Waals surface area (Å²) in [6.07, 6.45) is 1.16. The van der Waals surface area contributed by atoms with E-state index in [0.717, 1.165) is 15.9 Å². The minimum atomic E-state index is 0.155. The van der Waals surface area contributed by atoms with Crippen molar-refractivity contribution in [3.8, 4) is 0 Å². The van der Waals surface area contributed by atoms with Gasteiger partial charge in [-0.3, -0.25) is 0 Å². The number of hydrogen-bond donors (Lipinski definition) is 1. The Morgan fingerprint density at radius 3 is 2.24 bits per heavy atom. The second-order valence-corrected chi connectivity index (χ2v) is 6.65. The van der Waals surface area contributed by atoms with Crippen molar-refractivity contribution in [2.45, 2.75) is 32.2 Å². The van der Waals surface area contributed by atoms with Crippen LogP contribution in [-0.4, -0.2) is 7.05 Å². The minimum Gasteiger partial charge on any atom is -0.309 e. The van der Waals surface area contributed by atoms with Crippen LogP contribution in [0.15, 0.2) is 46.9 Å². The summed E-state index contributed by atoms with van der Waals surface area (Å²) in [4.78, 5) is 0. The monoisotopic (exact) mass is 365 g/mol. The van der Waals surface area contributed by atoms with Gasteiger partial charge in [0.05, 0.1) is 6.04 Å². The van der Waals surface area contributed by atoms with E-state index in [0.29, 0.717) is 5.92 Å². The van der Waals surface area contributed by atoms with Crippen molar-refractivity contribution in [2.75, 3.05) is 7.05 Å². The Balaban J connectivity index is 2.33. The van der Waals surface area contributed by atoms with Crippen LogP contribution in [0.1, 0.15) is 48.9 Å². The van der Waals surface area contributed by atoms with Crippen LogP contribution >= 0.6 is 27.5 Å². The van der Waals surface area contributed by atoms with Gasteiger partial charge in [0.15, 0.2) is 0 Å². The van der Waals surface area contributed by atoms with Gasteiger partial charge in [-0.1, -0.05) is 71.7 Å². The van der Waals surface area contributed by atoms with E-state index in [4.69, 9.17) is 11.6 Å². The normalized spacial score (nSPS) is 14.0. The fraction of sp³-hybridized carbons (Fsp3) is 0.333. The maximum atomic E-state index is 6.03. The van der Waals surface area contributed by atoms with E-state index in [9.17, 15) is 0 Å². The van der Waals surface area contributed by atoms with E-state index in [1.807, 2.05) is 19.2 Å². The average molecular weight is 367 g/mol. The van der Waals surface area contributed by atoms with Crippen LogP contribution in [0.4, 0.5) is 0 Å². The van der Waals surface area contributed by atoms with Crippen LogP contribution in [0.3, 0.4) is 0 Å². The predicted molar refractivity (Wildman–Crippen MR) is 95.2 cm³/mol. The van der Waals surface area contributed by atoms with Crippen LogP contribution in [0.5, 0.6) is 0 Å². The van der Waals surface area contributed by atoms with Crippen molar-refractivity contribution in [1.82, 2.24) is 5.32 Å². The molecule has 112 valence electrons. The number of nitrogens with one attached hydrogen (secondary N) is 1. The molecule has 2 atom stereocenters. The van der Waals surface area contributed by atoms with E-state index in [2.05, 4.69) is 65.4 Å². The Hall–Kier alpha value is -0.830. The van der Waals surface area contributed by atoms with Gasteiger partial charge >= 0.3 is 0 Å². The molecule has 0 saturated heterocycles. The van der Waals surface area contributed by atoms with E-state index >= 15 is 0 Å². The Kier molecular flexibility index (Phi) is 5.86. The van der Waals surface area contributed by atoms with E-state index in [1.54, 1.807) is 0 Å². The maximum absolute atomic E-state index is 6.03. The fourth-order valence-corrected chi connectivity index (χ4v) is 3.40. The molecule has 0 bridgehead atoms. The topological polar surface area (TPSA) is 12.0 Å². The Morgan fingerprint density at radius 1 is 1.10 bits per heavy atom. The third kappa shape index (κ3) is 3.88. The van der Waals surface area contributed by atoms with Crippen molar-refractivity contribution in [2.24, 2.45) is 0 Å². The van der Waals surface area contributed by atoms with Crippen LogP contribution in [0.25, 0.3) is 0 Å². The van der Waals surface area contributed by atoms with Crippen molar-refractivity contribution in [3.63, 3.8) is 0 Å². The van der Waals surface area contributed by atoms with Crippen LogP contribution < -0.4 is 5.32 Å². The smallest absolute Gasteiger partial charge is 0.0585 e. The zero-order valence-electron chi connectivity index (χ0n) is 12.7. The van der Waals surface area contributed by atoms with Crippen molar-refractivity contribution < 1.29 is 0 Å². The quantitative estimate of drug-likeness (QED) is 0.692. The molecule has 0 aliphatic rings. The van der Waals surface area contributed by atoms with Gasteiger partial charge in [-0.15, -0.1) is 0 Å². The lowest BCUT2D eigenvalue weighted by Gasteiger charge is -2.20. The molecule has 0 spiro atoms. The molecule has 1 nitrogen and oxygen atoms in total. The minimum absolute atomic E-state index is 0.155. The van der Waals surface area contributed by atoms with Gasteiger partial charge in [0.2, 0.25) is 0 Å². The molecule has 2 aromatic carbocycles. The maximum Gasteiger partial charge on any atom is 0.0585 e. The lowest BCUT2D eigenvalue weighted by atomic mass is 9.94. The third-order valence-electron chi connectivity index (χ3n) is 4.01. The van der Waals surface area contributed by atoms with Gasteiger partial charge in [0.1, 0.15) is 0 Å². The Morgan fingerprint density at radius 2 is 1.71 bits per heavy atom. The highest BCUT2D eigenvalue weighted by atomic mass is 79.9. The molecule has 3 heteroatoms. The third-order valence-corrected chi connectivity index (χ3v) is 4.94. The highest BCUT2D eigenvalue weighted by molar-refractivity contribution is 9.10. The van der Waals surface area contributed by atoms with Crippen LogP contribution in [0, 0.1) is 0 Å². The van der Waals surface area contributed by atoms with Gasteiger partial charge in [0, 0.05) is 9.50 Å². The zero-order chi connectivity index (χ0) is 15.4. The second-order valence-electron chi connectivity index (χ2n) is 5.36. The van der Waals surface area contributed by atoms with E-state index in [-0.39, 0.29) is 6.04 Å². The fourth-order valence-electron chi connectivity index (χ4n) is 2.49. The van der Waals surface area contributed by atoms with Gasteiger partial charge in [0.25, 0.3) is 0 Å². The summed E-state index contributed by atoms with van der Waals surface area (Å²) in [5.41, 5.74) is 3.84. The van der Waals surface area contributed by atoms with E-state index in [1.165, 1.54) is 16.7 Å². The molecule has 0 aliphatic carbocycles. The molecule has 0 saturated carbocycles. The van der Waals surface area contributed by atoms with Crippen LogP contribution in [-0.2, 0) is 0 Å². The highest BCUT2D eigenvalue weighted by Crippen LogP contribution is 2.31. The molecule has 1 N–H and O–H groups in total. The molecule has 0 heterocycles. The summed E-state index contributed by atoms with van der Waals surface area (Å²) >= 11 is 9.64. The van der Waals surface area contributed by atoms with Gasteiger partial charge in [-0.2, -0.15) is 0 Å². The molecule has 2 unspecified atom stereocenters. The largest absolute Gasteiger partial charge is 0.309 e. The number of halogens is 2. The van der Waals surface area contributed by atoms with Crippen molar-refractivity contribution in [3.05, 3.63) is 68.7 Å². The zero-order valence-corrected chi connectivity index (χ0v) is 15.0. The summed E-state index contributed by atoms with van der Waals surface area (Å²) in [6, 6.07) is 15.0. The first kappa shape index (κ1) is 16.5. The van der Waals surface area contributed by atoms with Crippen molar-refractivity contribution in [1.29, 1.82) is 0 Å². The summed E-state index contributed by atoms with van der Waals surface area (Å²) < 4.78 is 1.03. The predicted octanol–water partition coefficient (Wildman–Crippen LogP) is 5.92.